The van der Waals surface area contributed by atoms with Crippen LogP contribution in [-0.4, -0.2) is 60.3 Å². The minimum Gasteiger partial charge on any atom is -0.410 e. The van der Waals surface area contributed by atoms with Crippen molar-refractivity contribution in [2.24, 2.45) is 5.92 Å². The number of likely N-dealkylation sites (N-methyl/N-ethyl adjacent to an activating group) is 1. The van der Waals surface area contributed by atoms with Crippen molar-refractivity contribution in [1.82, 2.24) is 9.80 Å². The highest BCUT2D eigenvalue weighted by molar-refractivity contribution is 6.30. The summed E-state index contributed by atoms with van der Waals surface area (Å²) < 4.78 is 5.43. The van der Waals surface area contributed by atoms with E-state index in [-0.39, 0.29) is 18.7 Å². The van der Waals surface area contributed by atoms with Crippen molar-refractivity contribution in [1.29, 1.82) is 0 Å². The molecule has 160 valence electrons. The Balaban J connectivity index is 1.69. The van der Waals surface area contributed by atoms with Crippen LogP contribution in [0.5, 0.6) is 5.75 Å². The summed E-state index contributed by atoms with van der Waals surface area (Å²) in [5.41, 5.74) is 0. The van der Waals surface area contributed by atoms with Gasteiger partial charge in [0.1, 0.15) is 5.75 Å². The summed E-state index contributed by atoms with van der Waals surface area (Å²) in [5, 5.41) is 9.63. The van der Waals surface area contributed by atoms with Gasteiger partial charge in [0.15, 0.2) is 0 Å². The maximum atomic E-state index is 12.4. The first-order valence-corrected chi connectivity index (χ1v) is 10.9. The maximum Gasteiger partial charge on any atom is 0.415 e. The van der Waals surface area contributed by atoms with Crippen LogP contribution in [0.4, 0.5) is 4.79 Å². The van der Waals surface area contributed by atoms with E-state index in [4.69, 9.17) is 21.4 Å². The molecule has 1 N–H and O–H groups in total. The second-order valence-electron chi connectivity index (χ2n) is 7.52. The van der Waals surface area contributed by atoms with Crippen molar-refractivity contribution in [2.75, 3.05) is 33.3 Å². The second-order valence-corrected chi connectivity index (χ2v) is 7.96. The summed E-state index contributed by atoms with van der Waals surface area (Å²) >= 11 is 5.86. The third kappa shape index (κ3) is 8.26. The zero-order valence-corrected chi connectivity index (χ0v) is 18.3. The zero-order chi connectivity index (χ0) is 21.1. The maximum absolute atomic E-state index is 12.4. The molecule has 1 aliphatic carbocycles. The Hall–Kier alpha value is -1.74. The van der Waals surface area contributed by atoms with E-state index >= 15 is 0 Å². The molecule has 1 amide bonds. The molecule has 29 heavy (non-hydrogen) atoms. The number of hydrogen-bond donors (Lipinski definition) is 1. The average Bonchev–Trinajstić information content (AvgIpc) is 2.74. The highest BCUT2D eigenvalue weighted by Gasteiger charge is 2.26. The van der Waals surface area contributed by atoms with E-state index in [9.17, 15) is 4.79 Å². The molecule has 1 aromatic carbocycles. The van der Waals surface area contributed by atoms with Crippen LogP contribution in [0.25, 0.3) is 0 Å². The van der Waals surface area contributed by atoms with E-state index < -0.39 is 0 Å². The van der Waals surface area contributed by atoms with Gasteiger partial charge in [0, 0.05) is 37.0 Å². The molecule has 1 fully saturated rings. The largest absolute Gasteiger partial charge is 0.415 e. The normalized spacial score (nSPS) is 18.8. The summed E-state index contributed by atoms with van der Waals surface area (Å²) in [6.45, 7) is 5.01. The van der Waals surface area contributed by atoms with E-state index in [1.165, 1.54) is 0 Å². The summed E-state index contributed by atoms with van der Waals surface area (Å²) in [5.74, 6) is 7.67. The smallest absolute Gasteiger partial charge is 0.410 e. The number of unbranched alkanes of at least 4 members (excludes halogenated alkanes) is 1. The topological polar surface area (TPSA) is 53.0 Å². The van der Waals surface area contributed by atoms with Crippen molar-refractivity contribution in [3.8, 4) is 17.6 Å². The minimum absolute atomic E-state index is 0.199. The van der Waals surface area contributed by atoms with Gasteiger partial charge in [-0.2, -0.15) is 0 Å². The van der Waals surface area contributed by atoms with E-state index in [0.29, 0.717) is 16.7 Å². The van der Waals surface area contributed by atoms with E-state index in [1.54, 1.807) is 36.2 Å². The lowest BCUT2D eigenvalue weighted by atomic mass is 9.86. The Morgan fingerprint density at radius 2 is 1.90 bits per heavy atom. The number of rotatable bonds is 8. The lowest BCUT2D eigenvalue weighted by Gasteiger charge is -2.32. The molecule has 0 aliphatic heterocycles. The van der Waals surface area contributed by atoms with Crippen LogP contribution in [-0.2, 0) is 0 Å². The molecule has 0 heterocycles. The van der Waals surface area contributed by atoms with Crippen molar-refractivity contribution in [2.45, 2.75) is 51.5 Å². The fourth-order valence-electron chi connectivity index (χ4n) is 3.61. The number of benzene rings is 1. The summed E-state index contributed by atoms with van der Waals surface area (Å²) in [4.78, 5) is 16.3. The lowest BCUT2D eigenvalue weighted by molar-refractivity contribution is 0.129. The predicted octanol–water partition coefficient (Wildman–Crippen LogP) is 4.43. The minimum atomic E-state index is -0.329. The number of amides is 1. The van der Waals surface area contributed by atoms with E-state index in [2.05, 4.69) is 23.7 Å². The Labute approximate surface area is 180 Å². The van der Waals surface area contributed by atoms with Crippen LogP contribution >= 0.6 is 11.6 Å². The van der Waals surface area contributed by atoms with Crippen LogP contribution in [0.1, 0.15) is 45.4 Å². The van der Waals surface area contributed by atoms with Crippen LogP contribution in [0.3, 0.4) is 0 Å². The number of aliphatic hydroxyl groups excluding tert-OH is 1. The third-order valence-corrected chi connectivity index (χ3v) is 5.75. The van der Waals surface area contributed by atoms with Gasteiger partial charge in [0.05, 0.1) is 6.61 Å². The number of hydrogen-bond acceptors (Lipinski definition) is 4. The molecule has 0 bridgehead atoms. The Bertz CT molecular complexity index is 676. The van der Waals surface area contributed by atoms with Gasteiger partial charge in [-0.05, 0) is 69.5 Å². The van der Waals surface area contributed by atoms with Crippen molar-refractivity contribution in [3.05, 3.63) is 29.3 Å². The van der Waals surface area contributed by atoms with Gasteiger partial charge in [0.2, 0.25) is 0 Å². The van der Waals surface area contributed by atoms with Gasteiger partial charge >= 0.3 is 6.09 Å². The highest BCUT2D eigenvalue weighted by atomic mass is 35.5. The number of aliphatic hydroxyl groups is 1. The zero-order valence-electron chi connectivity index (χ0n) is 17.6. The molecule has 0 radical (unpaired) electrons. The molecule has 6 heteroatoms. The molecule has 0 spiro atoms. The quantitative estimate of drug-likeness (QED) is 0.499. The van der Waals surface area contributed by atoms with Crippen LogP contribution in [0.2, 0.25) is 5.02 Å². The molecule has 0 aromatic heterocycles. The van der Waals surface area contributed by atoms with Gasteiger partial charge in [-0.15, -0.1) is 5.92 Å². The molecule has 1 saturated carbocycles. The molecular weight excluding hydrogens is 388 g/mol. The van der Waals surface area contributed by atoms with Gasteiger partial charge in [0.25, 0.3) is 0 Å². The second kappa shape index (κ2) is 12.7. The monoisotopic (exact) mass is 420 g/mol. The molecule has 1 aliphatic rings. The fraction of sp³-hybridized carbons (Fsp3) is 0.609. The van der Waals surface area contributed by atoms with Crippen molar-refractivity contribution < 1.29 is 14.6 Å². The average molecular weight is 421 g/mol. The Morgan fingerprint density at radius 1 is 1.21 bits per heavy atom. The first-order chi connectivity index (χ1) is 14.0. The van der Waals surface area contributed by atoms with Gasteiger partial charge in [-0.1, -0.05) is 24.4 Å². The van der Waals surface area contributed by atoms with Crippen LogP contribution < -0.4 is 4.74 Å². The molecule has 0 saturated heterocycles. The molecule has 2 rings (SSSR count). The predicted molar refractivity (Wildman–Crippen MR) is 117 cm³/mol. The van der Waals surface area contributed by atoms with Gasteiger partial charge < -0.3 is 19.6 Å². The lowest BCUT2D eigenvalue weighted by Crippen LogP contribution is -2.40. The Morgan fingerprint density at radius 3 is 2.52 bits per heavy atom. The third-order valence-electron chi connectivity index (χ3n) is 5.50. The summed E-state index contributed by atoms with van der Waals surface area (Å²) in [7, 11) is 1.81. The molecule has 1 aromatic rings. The Kier molecular flexibility index (Phi) is 10.3. The van der Waals surface area contributed by atoms with E-state index in [0.717, 1.165) is 58.2 Å². The standard InChI is InChI=1S/C23H33ClN2O3/c1-3-26(17-18-27)16-6-4-5-7-19-8-12-21(13-9-19)25(2)23(28)29-22-14-10-20(24)11-15-22/h10-11,14-15,19,21,27H,3-4,6,8-9,12-13,16-18H2,1-2H3/t19-,21-. The number of nitrogens with zero attached hydrogens (tertiary/aromatic N) is 2. The number of carbonyl (C=O) groups is 1. The number of halogens is 1. The van der Waals surface area contributed by atoms with Crippen LogP contribution in [0.15, 0.2) is 24.3 Å². The first-order valence-electron chi connectivity index (χ1n) is 10.5. The summed E-state index contributed by atoms with van der Waals surface area (Å²) in [6.07, 6.45) is 5.54. The fourth-order valence-corrected chi connectivity index (χ4v) is 3.73. The SMILES string of the molecule is CCN(CCO)CCCC#C[C@H]1CC[C@H](N(C)C(=O)Oc2ccc(Cl)cc2)CC1. The molecule has 0 unspecified atom stereocenters. The van der Waals surface area contributed by atoms with E-state index in [1.807, 2.05) is 0 Å². The van der Waals surface area contributed by atoms with Gasteiger partial charge in [-0.25, -0.2) is 4.79 Å². The summed E-state index contributed by atoms with van der Waals surface area (Å²) in [6, 6.07) is 7.01. The molecular formula is C23H33ClN2O3. The highest BCUT2D eigenvalue weighted by Crippen LogP contribution is 2.27. The number of carbonyl (C=O) groups excluding carboxylic acids is 1. The van der Waals surface area contributed by atoms with Crippen LogP contribution in [0, 0.1) is 17.8 Å². The van der Waals surface area contributed by atoms with Crippen molar-refractivity contribution >= 4 is 17.7 Å². The first kappa shape index (κ1) is 23.5. The molecule has 0 atom stereocenters. The number of ether oxygens (including phenoxy) is 1. The van der Waals surface area contributed by atoms with Gasteiger partial charge in [-0.3, -0.25) is 0 Å². The molecule has 5 nitrogen and oxygen atoms in total. The van der Waals surface area contributed by atoms with Crippen molar-refractivity contribution in [3.63, 3.8) is 0 Å².